The molecule has 3 aromatic carbocycles. The van der Waals surface area contributed by atoms with Gasteiger partial charge >= 0.3 is 0 Å². The van der Waals surface area contributed by atoms with Crippen LogP contribution in [0.15, 0.2) is 66.7 Å². The second-order valence-electron chi connectivity index (χ2n) is 6.90. The summed E-state index contributed by atoms with van der Waals surface area (Å²) in [5.74, 6) is 0. The van der Waals surface area contributed by atoms with Gasteiger partial charge in [0.15, 0.2) is 5.11 Å². The molecule has 0 aliphatic carbocycles. The molecule has 0 radical (unpaired) electrons. The molecule has 0 spiro atoms. The third-order valence-electron chi connectivity index (χ3n) is 4.75. The standard InChI is InChI=1S/C22H25N3O2S2/c1-25(29(2,26)27)20-13-6-12-19(16-20)24-22(28)23-15-7-11-18-10-5-9-17-8-3-4-14-21(17)18/h3-6,8-10,12-14,16H,7,11,15H2,1-2H3,(H2,23,24,28). The van der Waals surface area contributed by atoms with Crippen LogP contribution in [0.2, 0.25) is 0 Å². The Morgan fingerprint density at radius 1 is 1.03 bits per heavy atom. The number of nitrogens with zero attached hydrogens (tertiary/aromatic N) is 1. The van der Waals surface area contributed by atoms with E-state index in [0.717, 1.165) is 25.1 Å². The second kappa shape index (κ2) is 9.24. The van der Waals surface area contributed by atoms with E-state index in [1.807, 2.05) is 6.07 Å². The van der Waals surface area contributed by atoms with Crippen molar-refractivity contribution in [2.45, 2.75) is 12.8 Å². The quantitative estimate of drug-likeness (QED) is 0.438. The zero-order valence-electron chi connectivity index (χ0n) is 16.6. The van der Waals surface area contributed by atoms with Crippen molar-refractivity contribution < 1.29 is 8.42 Å². The van der Waals surface area contributed by atoms with Gasteiger partial charge in [-0.2, -0.15) is 0 Å². The average molecular weight is 428 g/mol. The first-order valence-electron chi connectivity index (χ1n) is 9.40. The SMILES string of the molecule is CN(c1cccc(NC(=S)NCCCc2cccc3ccccc23)c1)S(C)(=O)=O. The molecule has 3 rings (SSSR count). The maximum atomic E-state index is 11.7. The highest BCUT2D eigenvalue weighted by atomic mass is 32.2. The Kier molecular flexibility index (Phi) is 6.71. The van der Waals surface area contributed by atoms with E-state index in [1.165, 1.54) is 33.9 Å². The molecule has 0 bridgehead atoms. The lowest BCUT2D eigenvalue weighted by atomic mass is 10.0. The Hall–Kier alpha value is -2.64. The van der Waals surface area contributed by atoms with Crippen molar-refractivity contribution in [3.63, 3.8) is 0 Å². The van der Waals surface area contributed by atoms with Gasteiger partial charge in [-0.3, -0.25) is 4.31 Å². The minimum absolute atomic E-state index is 0.516. The number of aryl methyl sites for hydroxylation is 1. The van der Waals surface area contributed by atoms with Crippen LogP contribution >= 0.6 is 12.2 Å². The molecule has 0 aromatic heterocycles. The first-order valence-corrected chi connectivity index (χ1v) is 11.7. The average Bonchev–Trinajstić information content (AvgIpc) is 2.70. The molecule has 5 nitrogen and oxygen atoms in total. The maximum Gasteiger partial charge on any atom is 0.231 e. The predicted octanol–water partition coefficient (Wildman–Crippen LogP) is 4.15. The second-order valence-corrected chi connectivity index (χ2v) is 9.33. The summed E-state index contributed by atoms with van der Waals surface area (Å²) in [6.45, 7) is 0.748. The molecule has 3 aromatic rings. The van der Waals surface area contributed by atoms with Gasteiger partial charge in [0.1, 0.15) is 0 Å². The minimum atomic E-state index is -3.30. The van der Waals surface area contributed by atoms with Gasteiger partial charge in [0.05, 0.1) is 11.9 Å². The highest BCUT2D eigenvalue weighted by molar-refractivity contribution is 7.92. The maximum absolute atomic E-state index is 11.7. The molecule has 0 saturated heterocycles. The van der Waals surface area contributed by atoms with Gasteiger partial charge in [-0.05, 0) is 59.6 Å². The third-order valence-corrected chi connectivity index (χ3v) is 6.21. The summed E-state index contributed by atoms with van der Waals surface area (Å²) in [6, 6.07) is 21.9. The summed E-state index contributed by atoms with van der Waals surface area (Å²) < 4.78 is 24.6. The molecule has 152 valence electrons. The van der Waals surface area contributed by atoms with Crippen LogP contribution in [0.4, 0.5) is 11.4 Å². The Bertz CT molecular complexity index is 1110. The molecule has 0 aliphatic rings. The van der Waals surface area contributed by atoms with E-state index in [-0.39, 0.29) is 0 Å². The van der Waals surface area contributed by atoms with Gasteiger partial charge < -0.3 is 10.6 Å². The fourth-order valence-electron chi connectivity index (χ4n) is 3.14. The van der Waals surface area contributed by atoms with Gasteiger partial charge in [-0.25, -0.2) is 8.42 Å². The Morgan fingerprint density at radius 3 is 2.55 bits per heavy atom. The summed E-state index contributed by atoms with van der Waals surface area (Å²) in [5.41, 5.74) is 2.65. The molecule has 29 heavy (non-hydrogen) atoms. The topological polar surface area (TPSA) is 61.4 Å². The molecule has 0 amide bonds. The van der Waals surface area contributed by atoms with E-state index in [1.54, 1.807) is 18.2 Å². The van der Waals surface area contributed by atoms with Gasteiger partial charge in [0.25, 0.3) is 0 Å². The van der Waals surface area contributed by atoms with E-state index in [9.17, 15) is 8.42 Å². The van der Waals surface area contributed by atoms with Crippen molar-refractivity contribution >= 4 is 49.5 Å². The first-order chi connectivity index (χ1) is 13.8. The van der Waals surface area contributed by atoms with Crippen molar-refractivity contribution in [2.24, 2.45) is 0 Å². The fraction of sp³-hybridized carbons (Fsp3) is 0.227. The zero-order chi connectivity index (χ0) is 20.9. The van der Waals surface area contributed by atoms with Gasteiger partial charge in [0, 0.05) is 19.3 Å². The van der Waals surface area contributed by atoms with Crippen LogP contribution < -0.4 is 14.9 Å². The van der Waals surface area contributed by atoms with Crippen molar-refractivity contribution in [3.8, 4) is 0 Å². The molecule has 0 atom stereocenters. The molecule has 0 heterocycles. The lowest BCUT2D eigenvalue weighted by Crippen LogP contribution is -2.29. The zero-order valence-corrected chi connectivity index (χ0v) is 18.2. The number of sulfonamides is 1. The Morgan fingerprint density at radius 2 is 1.76 bits per heavy atom. The molecular formula is C22H25N3O2S2. The Labute approximate surface area is 177 Å². The van der Waals surface area contributed by atoms with E-state index in [2.05, 4.69) is 53.1 Å². The van der Waals surface area contributed by atoms with E-state index < -0.39 is 10.0 Å². The highest BCUT2D eigenvalue weighted by Gasteiger charge is 2.12. The van der Waals surface area contributed by atoms with Gasteiger partial charge in [-0.1, -0.05) is 48.5 Å². The summed E-state index contributed by atoms with van der Waals surface area (Å²) in [4.78, 5) is 0. The van der Waals surface area contributed by atoms with Crippen LogP contribution in [-0.4, -0.2) is 33.4 Å². The number of rotatable bonds is 7. The first kappa shape index (κ1) is 21.1. The smallest absolute Gasteiger partial charge is 0.231 e. The third kappa shape index (κ3) is 5.68. The largest absolute Gasteiger partial charge is 0.362 e. The summed E-state index contributed by atoms with van der Waals surface area (Å²) in [5, 5.41) is 9.40. The minimum Gasteiger partial charge on any atom is -0.362 e. The normalized spacial score (nSPS) is 11.2. The van der Waals surface area contributed by atoms with Crippen LogP contribution in [0.5, 0.6) is 0 Å². The summed E-state index contributed by atoms with van der Waals surface area (Å²) >= 11 is 5.37. The van der Waals surface area contributed by atoms with Crippen LogP contribution in [0.1, 0.15) is 12.0 Å². The van der Waals surface area contributed by atoms with Crippen molar-refractivity contribution in [1.29, 1.82) is 0 Å². The van der Waals surface area contributed by atoms with Gasteiger partial charge in [-0.15, -0.1) is 0 Å². The molecule has 0 unspecified atom stereocenters. The number of benzene rings is 3. The van der Waals surface area contributed by atoms with Crippen molar-refractivity contribution in [3.05, 3.63) is 72.3 Å². The van der Waals surface area contributed by atoms with Crippen LogP contribution in [0, 0.1) is 0 Å². The summed E-state index contributed by atoms with van der Waals surface area (Å²) in [6.07, 6.45) is 3.09. The number of nitrogens with one attached hydrogen (secondary N) is 2. The Balaban J connectivity index is 1.52. The fourth-order valence-corrected chi connectivity index (χ4v) is 3.85. The van der Waals surface area contributed by atoms with Crippen LogP contribution in [0.3, 0.4) is 0 Å². The number of thiocarbonyl (C=S) groups is 1. The predicted molar refractivity (Wildman–Crippen MR) is 126 cm³/mol. The number of hydrogen-bond acceptors (Lipinski definition) is 3. The molecular weight excluding hydrogens is 402 g/mol. The molecule has 0 saturated carbocycles. The van der Waals surface area contributed by atoms with Crippen molar-refractivity contribution in [1.82, 2.24) is 5.32 Å². The van der Waals surface area contributed by atoms with E-state index >= 15 is 0 Å². The van der Waals surface area contributed by atoms with Crippen LogP contribution in [-0.2, 0) is 16.4 Å². The molecule has 0 aliphatic heterocycles. The van der Waals surface area contributed by atoms with E-state index in [4.69, 9.17) is 12.2 Å². The molecule has 2 N–H and O–H groups in total. The van der Waals surface area contributed by atoms with Crippen molar-refractivity contribution in [2.75, 3.05) is 29.5 Å². The van der Waals surface area contributed by atoms with Gasteiger partial charge in [0.2, 0.25) is 10.0 Å². The monoisotopic (exact) mass is 427 g/mol. The summed E-state index contributed by atoms with van der Waals surface area (Å²) in [7, 11) is -1.78. The lowest BCUT2D eigenvalue weighted by molar-refractivity contribution is 0.600. The number of hydrogen-bond donors (Lipinski definition) is 2. The highest BCUT2D eigenvalue weighted by Crippen LogP contribution is 2.21. The molecule has 0 fully saturated rings. The molecule has 7 heteroatoms. The lowest BCUT2D eigenvalue weighted by Gasteiger charge is -2.18. The van der Waals surface area contributed by atoms with E-state index in [0.29, 0.717) is 10.8 Å². The number of fused-ring (bicyclic) bond motifs is 1. The number of anilines is 2. The van der Waals surface area contributed by atoms with Crippen LogP contribution in [0.25, 0.3) is 10.8 Å².